The summed E-state index contributed by atoms with van der Waals surface area (Å²) >= 11 is 0. The van der Waals surface area contributed by atoms with E-state index in [2.05, 4.69) is 41.4 Å². The van der Waals surface area contributed by atoms with Gasteiger partial charge in [0.15, 0.2) is 0 Å². The molecule has 4 aliphatic rings. The molecule has 5 rings (SSSR count). The van der Waals surface area contributed by atoms with Gasteiger partial charge in [-0.1, -0.05) is 29.8 Å². The number of hydrogen-bond donors (Lipinski definition) is 1. The fraction of sp³-hybridized carbons (Fsp3) is 0.667. The molecule has 0 spiro atoms. The third-order valence-electron chi connectivity index (χ3n) is 5.79. The van der Waals surface area contributed by atoms with Crippen LogP contribution in [0.5, 0.6) is 0 Å². The second-order valence-corrected chi connectivity index (χ2v) is 7.19. The first-order chi connectivity index (χ1) is 9.78. The van der Waals surface area contributed by atoms with Crippen LogP contribution in [-0.4, -0.2) is 36.6 Å². The molecule has 3 heterocycles. The van der Waals surface area contributed by atoms with Crippen molar-refractivity contribution in [3.8, 4) is 0 Å². The predicted octanol–water partition coefficient (Wildman–Crippen LogP) is 2.92. The topological polar surface area (TPSA) is 15.3 Å². The Morgan fingerprint density at radius 2 is 1.75 bits per heavy atom. The molecular weight excluding hydrogens is 244 g/mol. The van der Waals surface area contributed by atoms with E-state index in [4.69, 9.17) is 0 Å². The van der Waals surface area contributed by atoms with E-state index in [0.717, 1.165) is 23.9 Å². The second-order valence-electron chi connectivity index (χ2n) is 7.19. The molecule has 2 bridgehead atoms. The summed E-state index contributed by atoms with van der Waals surface area (Å²) in [6.45, 7) is 6.16. The van der Waals surface area contributed by atoms with Crippen LogP contribution in [0.4, 0.5) is 0 Å². The lowest BCUT2D eigenvalue weighted by molar-refractivity contribution is 0.0584. The third kappa shape index (κ3) is 2.40. The molecule has 1 aromatic carbocycles. The van der Waals surface area contributed by atoms with Gasteiger partial charge in [-0.15, -0.1) is 0 Å². The largest absolute Gasteiger partial charge is 0.310 e. The standard InChI is InChI=1S/C18H26N2/c1-13-2-4-14(5-3-13)16-10-17(11-16)19-18-12-20-8-6-15(18)7-9-20/h2-5,15-19H,6-12H2,1H3. The highest BCUT2D eigenvalue weighted by Crippen LogP contribution is 2.38. The number of piperidine rings is 3. The molecule has 20 heavy (non-hydrogen) atoms. The first kappa shape index (κ1) is 12.8. The van der Waals surface area contributed by atoms with Gasteiger partial charge < -0.3 is 10.2 Å². The van der Waals surface area contributed by atoms with Crippen LogP contribution in [0, 0.1) is 12.8 Å². The van der Waals surface area contributed by atoms with Crippen LogP contribution in [0.2, 0.25) is 0 Å². The molecule has 1 N–H and O–H groups in total. The van der Waals surface area contributed by atoms with Gasteiger partial charge in [0.25, 0.3) is 0 Å². The number of nitrogens with zero attached hydrogens (tertiary/aromatic N) is 1. The SMILES string of the molecule is Cc1ccc(C2CC(NC3CN4CCC3CC4)C2)cc1. The summed E-state index contributed by atoms with van der Waals surface area (Å²) in [6.07, 6.45) is 5.52. The molecule has 1 aliphatic carbocycles. The molecule has 2 nitrogen and oxygen atoms in total. The average Bonchev–Trinajstić information content (AvgIpc) is 2.45. The van der Waals surface area contributed by atoms with Crippen molar-refractivity contribution in [1.29, 1.82) is 0 Å². The van der Waals surface area contributed by atoms with Gasteiger partial charge in [-0.05, 0) is 63.1 Å². The first-order valence-corrected chi connectivity index (χ1v) is 8.33. The molecule has 1 unspecified atom stereocenters. The van der Waals surface area contributed by atoms with Crippen LogP contribution in [0.3, 0.4) is 0 Å². The van der Waals surface area contributed by atoms with E-state index < -0.39 is 0 Å². The summed E-state index contributed by atoms with van der Waals surface area (Å²) in [5.74, 6) is 1.76. The van der Waals surface area contributed by atoms with Gasteiger partial charge in [-0.25, -0.2) is 0 Å². The summed E-state index contributed by atoms with van der Waals surface area (Å²) in [4.78, 5) is 2.65. The van der Waals surface area contributed by atoms with Gasteiger partial charge in [-0.3, -0.25) is 0 Å². The molecule has 1 saturated carbocycles. The quantitative estimate of drug-likeness (QED) is 0.908. The normalized spacial score (nSPS) is 39.5. The maximum absolute atomic E-state index is 3.96. The van der Waals surface area contributed by atoms with E-state index in [1.807, 2.05) is 0 Å². The molecule has 0 amide bonds. The van der Waals surface area contributed by atoms with Crippen molar-refractivity contribution in [2.75, 3.05) is 19.6 Å². The number of nitrogens with one attached hydrogen (secondary N) is 1. The van der Waals surface area contributed by atoms with Gasteiger partial charge in [-0.2, -0.15) is 0 Å². The Hall–Kier alpha value is -0.860. The Bertz CT molecular complexity index is 453. The molecule has 0 aromatic heterocycles. The van der Waals surface area contributed by atoms with Crippen molar-refractivity contribution < 1.29 is 0 Å². The minimum absolute atomic E-state index is 0.770. The van der Waals surface area contributed by atoms with Crippen LogP contribution in [0.15, 0.2) is 24.3 Å². The minimum Gasteiger partial charge on any atom is -0.310 e. The Balaban J connectivity index is 1.30. The molecule has 2 heteroatoms. The fourth-order valence-corrected chi connectivity index (χ4v) is 4.32. The number of benzene rings is 1. The van der Waals surface area contributed by atoms with Crippen molar-refractivity contribution in [3.05, 3.63) is 35.4 Å². The van der Waals surface area contributed by atoms with Gasteiger partial charge in [0.05, 0.1) is 0 Å². The van der Waals surface area contributed by atoms with Crippen LogP contribution >= 0.6 is 0 Å². The zero-order valence-electron chi connectivity index (χ0n) is 12.5. The number of hydrogen-bond acceptors (Lipinski definition) is 2. The molecule has 0 radical (unpaired) electrons. The molecule has 3 saturated heterocycles. The number of fused-ring (bicyclic) bond motifs is 3. The van der Waals surface area contributed by atoms with Crippen LogP contribution in [-0.2, 0) is 0 Å². The van der Waals surface area contributed by atoms with Crippen molar-refractivity contribution in [2.45, 2.75) is 50.6 Å². The first-order valence-electron chi connectivity index (χ1n) is 8.33. The summed E-state index contributed by atoms with van der Waals surface area (Å²) in [5, 5.41) is 3.96. The number of rotatable bonds is 3. The highest BCUT2D eigenvalue weighted by atomic mass is 15.2. The fourth-order valence-electron chi connectivity index (χ4n) is 4.32. The Morgan fingerprint density at radius 3 is 2.35 bits per heavy atom. The monoisotopic (exact) mass is 270 g/mol. The van der Waals surface area contributed by atoms with Crippen LogP contribution in [0.1, 0.15) is 42.7 Å². The lowest BCUT2D eigenvalue weighted by Gasteiger charge is -2.48. The molecule has 1 atom stereocenters. The number of aryl methyl sites for hydroxylation is 1. The second kappa shape index (κ2) is 5.16. The van der Waals surface area contributed by atoms with E-state index in [0.29, 0.717) is 0 Å². The Kier molecular flexibility index (Phi) is 3.31. The molecular formula is C18H26N2. The summed E-state index contributed by atoms with van der Waals surface area (Å²) < 4.78 is 0. The van der Waals surface area contributed by atoms with Crippen LogP contribution < -0.4 is 5.32 Å². The van der Waals surface area contributed by atoms with Gasteiger partial charge in [0.1, 0.15) is 0 Å². The van der Waals surface area contributed by atoms with Crippen molar-refractivity contribution >= 4 is 0 Å². The Labute approximate surface area is 122 Å². The zero-order valence-corrected chi connectivity index (χ0v) is 12.5. The smallest absolute Gasteiger partial charge is 0.0226 e. The highest BCUT2D eigenvalue weighted by molar-refractivity contribution is 5.26. The van der Waals surface area contributed by atoms with Crippen molar-refractivity contribution in [2.24, 2.45) is 5.92 Å². The summed E-state index contributed by atoms with van der Waals surface area (Å²) in [5.41, 5.74) is 2.91. The predicted molar refractivity (Wildman–Crippen MR) is 83.0 cm³/mol. The third-order valence-corrected chi connectivity index (χ3v) is 5.79. The molecule has 4 fully saturated rings. The zero-order chi connectivity index (χ0) is 13.5. The van der Waals surface area contributed by atoms with E-state index in [1.165, 1.54) is 50.9 Å². The lowest BCUT2D eigenvalue weighted by Crippen LogP contribution is -2.59. The van der Waals surface area contributed by atoms with Crippen molar-refractivity contribution in [1.82, 2.24) is 10.2 Å². The average molecular weight is 270 g/mol. The van der Waals surface area contributed by atoms with E-state index >= 15 is 0 Å². The van der Waals surface area contributed by atoms with E-state index in [1.54, 1.807) is 5.56 Å². The van der Waals surface area contributed by atoms with E-state index in [9.17, 15) is 0 Å². The highest BCUT2D eigenvalue weighted by Gasteiger charge is 2.38. The lowest BCUT2D eigenvalue weighted by atomic mass is 9.74. The van der Waals surface area contributed by atoms with Gasteiger partial charge in [0, 0.05) is 18.6 Å². The molecule has 3 aliphatic heterocycles. The van der Waals surface area contributed by atoms with E-state index in [-0.39, 0.29) is 0 Å². The summed E-state index contributed by atoms with van der Waals surface area (Å²) in [7, 11) is 0. The van der Waals surface area contributed by atoms with Gasteiger partial charge in [0.2, 0.25) is 0 Å². The van der Waals surface area contributed by atoms with Crippen molar-refractivity contribution in [3.63, 3.8) is 0 Å². The maximum atomic E-state index is 3.96. The molecule has 1 aromatic rings. The Morgan fingerprint density at radius 1 is 1.05 bits per heavy atom. The summed E-state index contributed by atoms with van der Waals surface area (Å²) in [6, 6.07) is 10.7. The molecule has 108 valence electrons. The van der Waals surface area contributed by atoms with Gasteiger partial charge >= 0.3 is 0 Å². The minimum atomic E-state index is 0.770. The maximum Gasteiger partial charge on any atom is 0.0226 e. The van der Waals surface area contributed by atoms with Crippen LogP contribution in [0.25, 0.3) is 0 Å².